The van der Waals surface area contributed by atoms with Crippen molar-refractivity contribution < 1.29 is 48.6 Å². The Morgan fingerprint density at radius 3 is 2.43 bits per heavy atom. The zero-order chi connectivity index (χ0) is 42.9. The highest BCUT2D eigenvalue weighted by molar-refractivity contribution is 5.93. The Labute approximate surface area is 341 Å². The van der Waals surface area contributed by atoms with Gasteiger partial charge in [0.2, 0.25) is 11.8 Å². The van der Waals surface area contributed by atoms with Crippen molar-refractivity contribution in [1.82, 2.24) is 26.1 Å². The summed E-state index contributed by atoms with van der Waals surface area (Å²) < 4.78 is 6.03. The summed E-state index contributed by atoms with van der Waals surface area (Å²) in [4.78, 5) is 85.1. The van der Waals surface area contributed by atoms with Crippen LogP contribution in [-0.2, 0) is 44.8 Å². The average molecular weight is 808 g/mol. The summed E-state index contributed by atoms with van der Waals surface area (Å²) in [6, 6.07) is 3.08. The Hall–Kier alpha value is -5.12. The molecule has 7 atom stereocenters. The van der Waals surface area contributed by atoms with E-state index in [1.807, 2.05) is 12.2 Å². The fourth-order valence-corrected chi connectivity index (χ4v) is 6.62. The number of allylic oxidation sites excluding steroid dienone is 5. The number of nitrogens with zero attached hydrogens (tertiary/aromatic N) is 2. The molecule has 1 saturated heterocycles. The van der Waals surface area contributed by atoms with Crippen LogP contribution in [0.1, 0.15) is 78.7 Å². The Balaban J connectivity index is 2.05. The Morgan fingerprint density at radius 1 is 1.07 bits per heavy atom. The monoisotopic (exact) mass is 807 g/mol. The number of ketones is 1. The minimum absolute atomic E-state index is 0.0232. The van der Waals surface area contributed by atoms with E-state index in [9.17, 15) is 39.0 Å². The van der Waals surface area contributed by atoms with E-state index in [-0.39, 0.29) is 43.8 Å². The molecular weight excluding hydrogens is 746 g/mol. The first-order valence-corrected chi connectivity index (χ1v) is 19.8. The molecule has 15 nitrogen and oxygen atoms in total. The van der Waals surface area contributed by atoms with Gasteiger partial charge < -0.3 is 30.4 Å². The number of cyclic esters (lactones) is 1. The third-order valence-corrected chi connectivity index (χ3v) is 10.3. The molecule has 5 N–H and O–H groups in total. The predicted octanol–water partition coefficient (Wildman–Crippen LogP) is 3.38. The van der Waals surface area contributed by atoms with Gasteiger partial charge in [-0.3, -0.25) is 33.8 Å². The molecule has 2 unspecified atom stereocenters. The number of phenolic OH excluding ortho intramolecular Hbond substituents is 1. The second-order valence-electron chi connectivity index (χ2n) is 15.3. The third kappa shape index (κ3) is 14.7. The van der Waals surface area contributed by atoms with Crippen molar-refractivity contribution in [2.75, 3.05) is 20.7 Å². The van der Waals surface area contributed by atoms with E-state index < -0.39 is 77.7 Å². The third-order valence-electron chi connectivity index (χ3n) is 10.3. The minimum Gasteiger partial charge on any atom is -0.508 e. The highest BCUT2D eigenvalue weighted by Crippen LogP contribution is 2.24. The lowest BCUT2D eigenvalue weighted by Crippen LogP contribution is -2.62. The number of esters is 1. The number of carbonyl (C=O) groups is 6. The zero-order valence-electron chi connectivity index (χ0n) is 34.7. The fraction of sp³-hybridized carbons (Fsp3) is 0.535. The van der Waals surface area contributed by atoms with Crippen LogP contribution in [-0.4, -0.2) is 107 Å². The standard InChI is InChI=1S/C43H61N5O10/c1-27(2)38-41(54)44-35(26-31-17-13-18-32(50)25-31)42(55)48-24-14-19-34(46-48)43(56)58-36(28(3)16-12-21-37(51)47(6)57-7)20-11-9-8-10-15-29(4)39(52)33(40(53)45-38)23-22-30(5)49/h8-13,16-18,21,25,27,29,33-36,38-39,46,50,52H,14-15,19-20,22-24,26H2,1-7H3,(H,44,54)(H,45,53)/b10-8+,11-9+,21-12+,28-16+/t29-,33+,34?,35?,36-,38-,39+/m0/s1. The number of benzene rings is 1. The number of likely N-dealkylation sites (N-methyl/N-ethyl adjacent to an activating group) is 1. The number of hydrazine groups is 1. The lowest BCUT2D eigenvalue weighted by molar-refractivity contribution is -0.162. The molecule has 0 radical (unpaired) electrons. The summed E-state index contributed by atoms with van der Waals surface area (Å²) in [5, 5.41) is 29.6. The quantitative estimate of drug-likeness (QED) is 0.100. The molecule has 2 heterocycles. The molecule has 2 aliphatic rings. The first-order chi connectivity index (χ1) is 27.5. The molecular formula is C43H61N5O10. The zero-order valence-corrected chi connectivity index (χ0v) is 34.7. The van der Waals surface area contributed by atoms with Crippen molar-refractivity contribution in [3.05, 3.63) is 77.9 Å². The summed E-state index contributed by atoms with van der Waals surface area (Å²) in [7, 11) is 2.85. The van der Waals surface area contributed by atoms with Crippen molar-refractivity contribution in [1.29, 1.82) is 0 Å². The summed E-state index contributed by atoms with van der Waals surface area (Å²) in [6.07, 6.45) is 11.4. The van der Waals surface area contributed by atoms with Crippen LogP contribution in [0.5, 0.6) is 5.75 Å². The van der Waals surface area contributed by atoms with Gasteiger partial charge in [0, 0.05) is 38.9 Å². The number of Topliss-reactive ketones (excluding diaryl/α,β-unsaturated/α-hetero) is 1. The van der Waals surface area contributed by atoms with Crippen LogP contribution in [0.25, 0.3) is 0 Å². The van der Waals surface area contributed by atoms with Crippen LogP contribution >= 0.6 is 0 Å². The molecule has 0 aliphatic carbocycles. The van der Waals surface area contributed by atoms with E-state index in [0.29, 0.717) is 30.4 Å². The normalized spacial score (nSPS) is 27.2. The molecule has 1 fully saturated rings. The number of hydrogen-bond donors (Lipinski definition) is 5. The number of rotatable bonds is 10. The number of aliphatic hydroxyl groups excluding tert-OH is 1. The van der Waals surface area contributed by atoms with Gasteiger partial charge in [-0.2, -0.15) is 0 Å². The second kappa shape index (κ2) is 23.3. The van der Waals surface area contributed by atoms with Crippen LogP contribution in [0, 0.1) is 17.8 Å². The number of fused-ring (bicyclic) bond motifs is 2. The highest BCUT2D eigenvalue weighted by Gasteiger charge is 2.38. The van der Waals surface area contributed by atoms with Gasteiger partial charge >= 0.3 is 5.97 Å². The smallest absolute Gasteiger partial charge is 0.325 e. The largest absolute Gasteiger partial charge is 0.508 e. The molecule has 318 valence electrons. The number of aliphatic hydroxyl groups is 1. The maximum Gasteiger partial charge on any atom is 0.325 e. The van der Waals surface area contributed by atoms with Crippen molar-refractivity contribution in [2.24, 2.45) is 17.8 Å². The lowest BCUT2D eigenvalue weighted by Gasteiger charge is -2.36. The van der Waals surface area contributed by atoms with Crippen LogP contribution in [0.15, 0.2) is 72.4 Å². The Morgan fingerprint density at radius 2 is 1.78 bits per heavy atom. The first-order valence-electron chi connectivity index (χ1n) is 19.8. The topological polar surface area (TPSA) is 204 Å². The van der Waals surface area contributed by atoms with E-state index >= 15 is 0 Å². The number of phenols is 1. The van der Waals surface area contributed by atoms with E-state index in [0.717, 1.165) is 5.06 Å². The number of carbonyl (C=O) groups excluding carboxylic acids is 6. The van der Waals surface area contributed by atoms with Gasteiger partial charge in [0.15, 0.2) is 0 Å². The van der Waals surface area contributed by atoms with Crippen LogP contribution in [0.3, 0.4) is 0 Å². The van der Waals surface area contributed by atoms with Gasteiger partial charge in [0.05, 0.1) is 19.1 Å². The fourth-order valence-electron chi connectivity index (χ4n) is 6.62. The van der Waals surface area contributed by atoms with Crippen molar-refractivity contribution in [3.63, 3.8) is 0 Å². The summed E-state index contributed by atoms with van der Waals surface area (Å²) in [5.41, 5.74) is 4.20. The number of nitrogens with one attached hydrogen (secondary N) is 3. The van der Waals surface area contributed by atoms with Gasteiger partial charge in [0.25, 0.3) is 11.8 Å². The molecule has 15 heteroatoms. The number of aromatic hydroxyl groups is 1. The number of amides is 4. The molecule has 0 aromatic heterocycles. The minimum atomic E-state index is -1.19. The van der Waals surface area contributed by atoms with Crippen LogP contribution < -0.4 is 16.1 Å². The van der Waals surface area contributed by atoms with Crippen molar-refractivity contribution in [3.8, 4) is 5.75 Å². The molecule has 0 saturated carbocycles. The van der Waals surface area contributed by atoms with Crippen molar-refractivity contribution >= 4 is 35.4 Å². The average Bonchev–Trinajstić information content (AvgIpc) is 3.18. The highest BCUT2D eigenvalue weighted by atomic mass is 16.7. The van der Waals surface area contributed by atoms with Gasteiger partial charge in [-0.05, 0) is 74.6 Å². The lowest BCUT2D eigenvalue weighted by atomic mass is 9.85. The molecule has 2 aliphatic heterocycles. The molecule has 4 amide bonds. The molecule has 2 bridgehead atoms. The summed E-state index contributed by atoms with van der Waals surface area (Å²) >= 11 is 0. The molecule has 3 rings (SSSR count). The van der Waals surface area contributed by atoms with Gasteiger partial charge in [-0.25, -0.2) is 10.5 Å². The van der Waals surface area contributed by atoms with Gasteiger partial charge in [-0.15, -0.1) is 0 Å². The number of ether oxygens (including phenoxy) is 1. The van der Waals surface area contributed by atoms with E-state index in [2.05, 4.69) is 16.1 Å². The Kier molecular flexibility index (Phi) is 19.0. The predicted molar refractivity (Wildman–Crippen MR) is 217 cm³/mol. The molecule has 0 spiro atoms. The first kappa shape index (κ1) is 47.3. The Bertz CT molecular complexity index is 1720. The molecule has 58 heavy (non-hydrogen) atoms. The van der Waals surface area contributed by atoms with Gasteiger partial charge in [0.1, 0.15) is 35.8 Å². The van der Waals surface area contributed by atoms with E-state index in [1.54, 1.807) is 58.1 Å². The summed E-state index contributed by atoms with van der Waals surface area (Å²) in [6.45, 7) is 8.68. The van der Waals surface area contributed by atoms with E-state index in [1.165, 1.54) is 50.4 Å². The van der Waals surface area contributed by atoms with Gasteiger partial charge in [-0.1, -0.05) is 69.4 Å². The molecule has 1 aromatic rings. The van der Waals surface area contributed by atoms with E-state index in [4.69, 9.17) is 9.57 Å². The van der Waals surface area contributed by atoms with Crippen LogP contribution in [0.4, 0.5) is 0 Å². The number of hydrogen-bond acceptors (Lipinski definition) is 11. The molecule has 1 aromatic carbocycles. The summed E-state index contributed by atoms with van der Waals surface area (Å²) in [5.74, 6) is -4.80. The maximum absolute atomic E-state index is 14.3. The SMILES string of the molecule is CON(C)C(=O)/C=C/C=C(\C)[C@@H]1C/C=C/C=C/C[C@H](C)[C@@H](O)[C@@H](CCC(C)=O)C(=O)N[C@@H](C(C)C)C(=O)NC(Cc2cccc(O)c2)C(=O)N2CCCC(N2)C(=O)O1. The van der Waals surface area contributed by atoms with Crippen molar-refractivity contribution in [2.45, 2.75) is 110 Å². The number of hydroxylamine groups is 2. The van der Waals surface area contributed by atoms with Crippen LogP contribution in [0.2, 0.25) is 0 Å². The second-order valence-corrected chi connectivity index (χ2v) is 15.3. The maximum atomic E-state index is 14.3.